The van der Waals surface area contributed by atoms with Crippen LogP contribution in [0.1, 0.15) is 30.7 Å². The maximum absolute atomic E-state index is 12.0. The Labute approximate surface area is 112 Å². The van der Waals surface area contributed by atoms with Gasteiger partial charge in [0.05, 0.1) is 0 Å². The molecule has 4 nitrogen and oxygen atoms in total. The zero-order valence-corrected chi connectivity index (χ0v) is 11.4. The van der Waals surface area contributed by atoms with E-state index in [4.69, 9.17) is 10.5 Å². The van der Waals surface area contributed by atoms with Gasteiger partial charge in [-0.2, -0.15) is 0 Å². The maximum atomic E-state index is 12.0. The number of carbonyl (C=O) groups excluding carboxylic acids is 1. The fraction of sp³-hybridized carbons (Fsp3) is 0.615. The van der Waals surface area contributed by atoms with Crippen LogP contribution in [0.5, 0.6) is 0 Å². The molecular weight excluding hydrogens is 248 g/mol. The SMILES string of the molecule is CC(NC(=O)C(N)c1cccs1)C1CCOCC1. The molecule has 0 radical (unpaired) electrons. The molecule has 1 amide bonds. The average molecular weight is 268 g/mol. The quantitative estimate of drug-likeness (QED) is 0.873. The molecule has 1 aliphatic rings. The molecule has 2 heterocycles. The van der Waals surface area contributed by atoms with Crippen LogP contribution in [-0.4, -0.2) is 25.2 Å². The number of nitrogens with one attached hydrogen (secondary N) is 1. The van der Waals surface area contributed by atoms with Crippen LogP contribution < -0.4 is 11.1 Å². The Kier molecular flexibility index (Phi) is 4.74. The second-order valence-electron chi connectivity index (χ2n) is 4.74. The van der Waals surface area contributed by atoms with Crippen molar-refractivity contribution < 1.29 is 9.53 Å². The Morgan fingerprint density at radius 1 is 1.56 bits per heavy atom. The van der Waals surface area contributed by atoms with Gasteiger partial charge in [0, 0.05) is 24.1 Å². The van der Waals surface area contributed by atoms with E-state index in [1.165, 1.54) is 11.3 Å². The van der Waals surface area contributed by atoms with Gasteiger partial charge in [-0.3, -0.25) is 4.79 Å². The number of hydrogen-bond acceptors (Lipinski definition) is 4. The summed E-state index contributed by atoms with van der Waals surface area (Å²) in [5.74, 6) is 0.412. The molecule has 100 valence electrons. The van der Waals surface area contributed by atoms with Crippen molar-refractivity contribution in [1.82, 2.24) is 5.32 Å². The molecule has 1 aromatic rings. The lowest BCUT2D eigenvalue weighted by Crippen LogP contribution is -2.44. The van der Waals surface area contributed by atoms with Crippen molar-refractivity contribution in [3.05, 3.63) is 22.4 Å². The summed E-state index contributed by atoms with van der Waals surface area (Å²) < 4.78 is 5.33. The average Bonchev–Trinajstić information content (AvgIpc) is 2.92. The third-order valence-electron chi connectivity index (χ3n) is 3.48. The first-order chi connectivity index (χ1) is 8.68. The zero-order valence-electron chi connectivity index (χ0n) is 10.6. The number of ether oxygens (including phenoxy) is 1. The highest BCUT2D eigenvalue weighted by Crippen LogP contribution is 2.20. The minimum Gasteiger partial charge on any atom is -0.381 e. The van der Waals surface area contributed by atoms with Crippen molar-refractivity contribution in [1.29, 1.82) is 0 Å². The van der Waals surface area contributed by atoms with E-state index in [0.29, 0.717) is 5.92 Å². The standard InChI is InChI=1S/C13H20N2O2S/c1-9(10-4-6-17-7-5-10)15-13(16)12(14)11-3-2-8-18-11/h2-3,8-10,12H,4-7,14H2,1H3,(H,15,16). The van der Waals surface area contributed by atoms with Gasteiger partial charge in [0.1, 0.15) is 6.04 Å². The molecule has 0 spiro atoms. The van der Waals surface area contributed by atoms with Gasteiger partial charge < -0.3 is 15.8 Å². The van der Waals surface area contributed by atoms with Crippen LogP contribution in [0.2, 0.25) is 0 Å². The Morgan fingerprint density at radius 3 is 2.89 bits per heavy atom. The lowest BCUT2D eigenvalue weighted by Gasteiger charge is -2.29. The number of hydrogen-bond donors (Lipinski definition) is 2. The zero-order chi connectivity index (χ0) is 13.0. The van der Waals surface area contributed by atoms with Crippen molar-refractivity contribution in [3.8, 4) is 0 Å². The van der Waals surface area contributed by atoms with Crippen LogP contribution in [-0.2, 0) is 9.53 Å². The van der Waals surface area contributed by atoms with E-state index < -0.39 is 6.04 Å². The molecule has 0 aromatic carbocycles. The minimum atomic E-state index is -0.549. The Balaban J connectivity index is 1.86. The van der Waals surface area contributed by atoms with Gasteiger partial charge >= 0.3 is 0 Å². The third kappa shape index (κ3) is 3.31. The molecule has 2 unspecified atom stereocenters. The highest BCUT2D eigenvalue weighted by Gasteiger charge is 2.24. The smallest absolute Gasteiger partial charge is 0.242 e. The number of amides is 1. The second-order valence-corrected chi connectivity index (χ2v) is 5.72. The normalized spacial score (nSPS) is 20.3. The number of carbonyl (C=O) groups is 1. The Bertz CT molecular complexity index is 374. The largest absolute Gasteiger partial charge is 0.381 e. The first-order valence-electron chi connectivity index (χ1n) is 6.35. The third-order valence-corrected chi connectivity index (χ3v) is 4.43. The van der Waals surface area contributed by atoms with Crippen molar-refractivity contribution in [3.63, 3.8) is 0 Å². The summed E-state index contributed by atoms with van der Waals surface area (Å²) in [6.45, 7) is 3.64. The lowest BCUT2D eigenvalue weighted by molar-refractivity contribution is -0.123. The molecule has 5 heteroatoms. The molecule has 1 aromatic heterocycles. The van der Waals surface area contributed by atoms with Gasteiger partial charge in [-0.15, -0.1) is 11.3 Å². The fourth-order valence-corrected chi connectivity index (χ4v) is 2.97. The summed E-state index contributed by atoms with van der Waals surface area (Å²) in [5.41, 5.74) is 5.93. The predicted octanol–water partition coefficient (Wildman–Crippen LogP) is 1.68. The first-order valence-corrected chi connectivity index (χ1v) is 7.23. The lowest BCUT2D eigenvalue weighted by atomic mass is 9.93. The summed E-state index contributed by atoms with van der Waals surface area (Å²) >= 11 is 1.52. The van der Waals surface area contributed by atoms with Gasteiger partial charge in [-0.1, -0.05) is 6.07 Å². The Morgan fingerprint density at radius 2 is 2.28 bits per heavy atom. The Hall–Kier alpha value is -0.910. The molecule has 1 aliphatic heterocycles. The molecule has 2 atom stereocenters. The summed E-state index contributed by atoms with van der Waals surface area (Å²) in [6, 6.07) is 3.42. The summed E-state index contributed by atoms with van der Waals surface area (Å²) in [5, 5.41) is 4.96. The van der Waals surface area contributed by atoms with Gasteiger partial charge in [-0.25, -0.2) is 0 Å². The molecule has 1 fully saturated rings. The summed E-state index contributed by atoms with van der Waals surface area (Å²) in [6.07, 6.45) is 2.02. The van der Waals surface area contributed by atoms with Crippen LogP contribution in [0.3, 0.4) is 0 Å². The molecule has 1 saturated heterocycles. The fourth-order valence-electron chi connectivity index (χ4n) is 2.25. The van der Waals surface area contributed by atoms with E-state index in [1.54, 1.807) is 0 Å². The summed E-state index contributed by atoms with van der Waals surface area (Å²) in [4.78, 5) is 12.9. The van der Waals surface area contributed by atoms with Crippen molar-refractivity contribution >= 4 is 17.2 Å². The maximum Gasteiger partial charge on any atom is 0.242 e. The van der Waals surface area contributed by atoms with Crippen molar-refractivity contribution in [2.75, 3.05) is 13.2 Å². The van der Waals surface area contributed by atoms with E-state index in [9.17, 15) is 4.79 Å². The van der Waals surface area contributed by atoms with Crippen LogP contribution in [0.4, 0.5) is 0 Å². The van der Waals surface area contributed by atoms with Gasteiger partial charge in [0.25, 0.3) is 0 Å². The molecule has 3 N–H and O–H groups in total. The topological polar surface area (TPSA) is 64.4 Å². The second kappa shape index (κ2) is 6.31. The monoisotopic (exact) mass is 268 g/mol. The van der Waals surface area contributed by atoms with E-state index in [-0.39, 0.29) is 11.9 Å². The molecule has 0 aliphatic carbocycles. The predicted molar refractivity (Wildman–Crippen MR) is 72.4 cm³/mol. The van der Waals surface area contributed by atoms with E-state index in [0.717, 1.165) is 30.9 Å². The highest BCUT2D eigenvalue weighted by atomic mass is 32.1. The highest BCUT2D eigenvalue weighted by molar-refractivity contribution is 7.10. The number of thiophene rings is 1. The van der Waals surface area contributed by atoms with Crippen molar-refractivity contribution in [2.24, 2.45) is 11.7 Å². The molecule has 0 bridgehead atoms. The minimum absolute atomic E-state index is 0.0866. The molecule has 2 rings (SSSR count). The summed E-state index contributed by atoms with van der Waals surface area (Å²) in [7, 11) is 0. The van der Waals surface area contributed by atoms with E-state index in [1.807, 2.05) is 17.5 Å². The van der Waals surface area contributed by atoms with Crippen LogP contribution >= 0.6 is 11.3 Å². The molecular formula is C13H20N2O2S. The van der Waals surface area contributed by atoms with Crippen LogP contribution in [0.25, 0.3) is 0 Å². The number of rotatable bonds is 4. The van der Waals surface area contributed by atoms with Gasteiger partial charge in [-0.05, 0) is 37.1 Å². The van der Waals surface area contributed by atoms with E-state index in [2.05, 4.69) is 12.2 Å². The van der Waals surface area contributed by atoms with E-state index >= 15 is 0 Å². The molecule has 0 saturated carbocycles. The van der Waals surface area contributed by atoms with Crippen molar-refractivity contribution in [2.45, 2.75) is 31.8 Å². The van der Waals surface area contributed by atoms with Crippen LogP contribution in [0.15, 0.2) is 17.5 Å². The van der Waals surface area contributed by atoms with Gasteiger partial charge in [0.15, 0.2) is 0 Å². The number of nitrogens with two attached hydrogens (primary N) is 1. The van der Waals surface area contributed by atoms with Gasteiger partial charge in [0.2, 0.25) is 5.91 Å². The molecule has 18 heavy (non-hydrogen) atoms. The van der Waals surface area contributed by atoms with Crippen LogP contribution in [0, 0.1) is 5.92 Å². The first kappa shape index (κ1) is 13.5.